The maximum absolute atomic E-state index is 12.6. The predicted octanol–water partition coefficient (Wildman–Crippen LogP) is 3.53. The SMILES string of the molecule is O=C(CNS(=O)(=O)c1ccc2c(c1)CCCC2)NCC1(c2cccs2)CCCC1. The molecule has 0 saturated heterocycles. The number of benzene rings is 1. The van der Waals surface area contributed by atoms with Crippen LogP contribution in [0.5, 0.6) is 0 Å². The van der Waals surface area contributed by atoms with E-state index in [1.807, 2.05) is 6.07 Å². The first-order valence-corrected chi connectivity index (χ1v) is 12.8. The maximum atomic E-state index is 12.6. The molecule has 7 heteroatoms. The summed E-state index contributed by atoms with van der Waals surface area (Å²) in [4.78, 5) is 13.9. The van der Waals surface area contributed by atoms with Crippen LogP contribution < -0.4 is 10.0 Å². The standard InChI is InChI=1S/C22H28N2O3S2/c25-21(23-16-22(11-3-4-12-22)20-8-5-13-28-20)15-24-29(26,27)19-10-9-17-6-1-2-7-18(17)14-19/h5,8-10,13-14,24H,1-4,6-7,11-12,15-16H2,(H,23,25). The molecule has 1 aromatic heterocycles. The van der Waals surface area contributed by atoms with E-state index < -0.39 is 10.0 Å². The summed E-state index contributed by atoms with van der Waals surface area (Å²) in [5, 5.41) is 5.04. The predicted molar refractivity (Wildman–Crippen MR) is 116 cm³/mol. The van der Waals surface area contributed by atoms with Crippen LogP contribution in [-0.4, -0.2) is 27.4 Å². The summed E-state index contributed by atoms with van der Waals surface area (Å²) >= 11 is 1.73. The van der Waals surface area contributed by atoms with E-state index in [0.717, 1.165) is 44.1 Å². The number of thiophene rings is 1. The number of carbonyl (C=O) groups is 1. The normalized spacial score (nSPS) is 18.3. The minimum absolute atomic E-state index is 0.00119. The fourth-order valence-corrected chi connectivity index (χ4v) is 6.61. The van der Waals surface area contributed by atoms with Crippen LogP contribution in [0.3, 0.4) is 0 Å². The quantitative estimate of drug-likeness (QED) is 0.703. The Morgan fingerprint density at radius 1 is 1.03 bits per heavy atom. The van der Waals surface area contributed by atoms with Crippen molar-refractivity contribution in [2.45, 2.75) is 61.7 Å². The van der Waals surface area contributed by atoms with Gasteiger partial charge in [0.2, 0.25) is 15.9 Å². The average molecular weight is 433 g/mol. The summed E-state index contributed by atoms with van der Waals surface area (Å²) in [6, 6.07) is 9.51. The Morgan fingerprint density at radius 3 is 2.52 bits per heavy atom. The van der Waals surface area contributed by atoms with Gasteiger partial charge in [-0.2, -0.15) is 0 Å². The van der Waals surface area contributed by atoms with Crippen LogP contribution in [0.1, 0.15) is 54.5 Å². The number of fused-ring (bicyclic) bond motifs is 1. The van der Waals surface area contributed by atoms with Crippen molar-refractivity contribution in [3.63, 3.8) is 0 Å². The molecule has 0 aliphatic heterocycles. The van der Waals surface area contributed by atoms with Crippen LogP contribution in [0.25, 0.3) is 0 Å². The lowest BCUT2D eigenvalue weighted by molar-refractivity contribution is -0.120. The van der Waals surface area contributed by atoms with E-state index in [1.165, 1.54) is 23.3 Å². The lowest BCUT2D eigenvalue weighted by Crippen LogP contribution is -2.43. The Balaban J connectivity index is 1.35. The van der Waals surface area contributed by atoms with Gasteiger partial charge >= 0.3 is 0 Å². The zero-order valence-corrected chi connectivity index (χ0v) is 18.2. The molecule has 0 radical (unpaired) electrons. The van der Waals surface area contributed by atoms with E-state index in [2.05, 4.69) is 27.6 Å². The van der Waals surface area contributed by atoms with Gasteiger partial charge in [-0.25, -0.2) is 13.1 Å². The lowest BCUT2D eigenvalue weighted by atomic mass is 9.84. The van der Waals surface area contributed by atoms with E-state index in [1.54, 1.807) is 23.5 Å². The van der Waals surface area contributed by atoms with Crippen LogP contribution in [-0.2, 0) is 33.1 Å². The Labute approximate surface area is 177 Å². The van der Waals surface area contributed by atoms with E-state index in [0.29, 0.717) is 6.54 Å². The zero-order valence-electron chi connectivity index (χ0n) is 16.6. The molecule has 2 aromatic rings. The summed E-state index contributed by atoms with van der Waals surface area (Å²) in [6.45, 7) is 0.326. The van der Waals surface area contributed by atoms with Crippen LogP contribution in [0, 0.1) is 0 Å². The van der Waals surface area contributed by atoms with Gasteiger partial charge < -0.3 is 5.32 Å². The number of hydrogen-bond donors (Lipinski definition) is 2. The maximum Gasteiger partial charge on any atom is 0.241 e. The highest BCUT2D eigenvalue weighted by atomic mass is 32.2. The average Bonchev–Trinajstić information content (AvgIpc) is 3.43. The van der Waals surface area contributed by atoms with Crippen molar-refractivity contribution >= 4 is 27.3 Å². The molecule has 0 bridgehead atoms. The van der Waals surface area contributed by atoms with Gasteiger partial charge in [0, 0.05) is 16.8 Å². The van der Waals surface area contributed by atoms with Crippen molar-refractivity contribution in [1.29, 1.82) is 0 Å². The van der Waals surface area contributed by atoms with Gasteiger partial charge in [0.05, 0.1) is 11.4 Å². The van der Waals surface area contributed by atoms with Gasteiger partial charge in [-0.1, -0.05) is 25.0 Å². The van der Waals surface area contributed by atoms with E-state index in [9.17, 15) is 13.2 Å². The van der Waals surface area contributed by atoms with Crippen LogP contribution in [0.15, 0.2) is 40.6 Å². The number of hydrogen-bond acceptors (Lipinski definition) is 4. The van der Waals surface area contributed by atoms with Crippen molar-refractivity contribution in [3.8, 4) is 0 Å². The van der Waals surface area contributed by atoms with Crippen molar-refractivity contribution in [2.24, 2.45) is 0 Å². The van der Waals surface area contributed by atoms with Crippen LogP contribution in [0.2, 0.25) is 0 Å². The summed E-state index contributed by atoms with van der Waals surface area (Å²) in [5.41, 5.74) is 2.35. The first-order valence-electron chi connectivity index (χ1n) is 10.4. The molecule has 2 aliphatic rings. The molecule has 0 spiro atoms. The second kappa shape index (κ2) is 8.58. The van der Waals surface area contributed by atoms with E-state index >= 15 is 0 Å². The number of carbonyl (C=O) groups excluding carboxylic acids is 1. The van der Waals surface area contributed by atoms with Gasteiger partial charge in [-0.05, 0) is 73.2 Å². The molecule has 1 heterocycles. The Morgan fingerprint density at radius 2 is 1.79 bits per heavy atom. The third kappa shape index (κ3) is 4.57. The molecule has 0 unspecified atom stereocenters. The molecule has 156 valence electrons. The fourth-order valence-electron chi connectivity index (χ4n) is 4.59. The molecule has 1 fully saturated rings. The summed E-state index contributed by atoms with van der Waals surface area (Å²) in [5.74, 6) is -0.283. The zero-order chi connectivity index (χ0) is 20.3. The van der Waals surface area contributed by atoms with E-state index in [-0.39, 0.29) is 22.8 Å². The Bertz CT molecular complexity index is 962. The van der Waals surface area contributed by atoms with E-state index in [4.69, 9.17) is 0 Å². The number of sulfonamides is 1. The topological polar surface area (TPSA) is 75.3 Å². The minimum Gasteiger partial charge on any atom is -0.354 e. The van der Waals surface area contributed by atoms with Crippen molar-refractivity contribution < 1.29 is 13.2 Å². The smallest absolute Gasteiger partial charge is 0.241 e. The molecule has 2 N–H and O–H groups in total. The van der Waals surface area contributed by atoms with Gasteiger partial charge in [0.1, 0.15) is 0 Å². The van der Waals surface area contributed by atoms with Crippen LogP contribution >= 0.6 is 11.3 Å². The highest BCUT2D eigenvalue weighted by Gasteiger charge is 2.36. The Kier molecular flexibility index (Phi) is 6.08. The third-order valence-corrected chi connectivity index (χ3v) is 8.80. The monoisotopic (exact) mass is 432 g/mol. The fraction of sp³-hybridized carbons (Fsp3) is 0.500. The summed E-state index contributed by atoms with van der Waals surface area (Å²) in [6.07, 6.45) is 8.64. The Hall–Kier alpha value is -1.70. The molecular weight excluding hydrogens is 404 g/mol. The van der Waals surface area contributed by atoms with Gasteiger partial charge in [0.25, 0.3) is 0 Å². The van der Waals surface area contributed by atoms with Crippen LogP contribution in [0.4, 0.5) is 0 Å². The molecule has 5 nitrogen and oxygen atoms in total. The van der Waals surface area contributed by atoms with Gasteiger partial charge in [-0.15, -0.1) is 11.3 Å². The van der Waals surface area contributed by atoms with Crippen molar-refractivity contribution in [3.05, 3.63) is 51.7 Å². The molecule has 29 heavy (non-hydrogen) atoms. The first-order chi connectivity index (χ1) is 14.0. The third-order valence-electron chi connectivity index (χ3n) is 6.28. The number of aryl methyl sites for hydroxylation is 2. The second-order valence-electron chi connectivity index (χ2n) is 8.20. The molecule has 4 rings (SSSR count). The molecule has 1 amide bonds. The summed E-state index contributed by atoms with van der Waals surface area (Å²) < 4.78 is 27.8. The molecule has 0 atom stereocenters. The molecule has 1 aromatic carbocycles. The lowest BCUT2D eigenvalue weighted by Gasteiger charge is -2.28. The minimum atomic E-state index is -3.69. The summed E-state index contributed by atoms with van der Waals surface area (Å²) in [7, 11) is -3.69. The number of amides is 1. The second-order valence-corrected chi connectivity index (χ2v) is 10.9. The molecule has 1 saturated carbocycles. The van der Waals surface area contributed by atoms with Gasteiger partial charge in [0.15, 0.2) is 0 Å². The van der Waals surface area contributed by atoms with Gasteiger partial charge in [-0.3, -0.25) is 4.79 Å². The first kappa shape index (κ1) is 20.6. The highest BCUT2D eigenvalue weighted by Crippen LogP contribution is 2.42. The number of rotatable bonds is 7. The molecule has 2 aliphatic carbocycles. The van der Waals surface area contributed by atoms with Crippen molar-refractivity contribution in [2.75, 3.05) is 13.1 Å². The van der Waals surface area contributed by atoms with Crippen molar-refractivity contribution in [1.82, 2.24) is 10.0 Å². The number of nitrogens with one attached hydrogen (secondary N) is 2. The largest absolute Gasteiger partial charge is 0.354 e. The highest BCUT2D eigenvalue weighted by molar-refractivity contribution is 7.89. The molecular formula is C22H28N2O3S2.